The van der Waals surface area contributed by atoms with Crippen molar-refractivity contribution in [1.29, 1.82) is 0 Å². The van der Waals surface area contributed by atoms with E-state index in [0.29, 0.717) is 29.2 Å². The zero-order valence-electron chi connectivity index (χ0n) is 19.9. The molecule has 10 nitrogen and oxygen atoms in total. The van der Waals surface area contributed by atoms with Gasteiger partial charge < -0.3 is 19.9 Å². The quantitative estimate of drug-likeness (QED) is 0.472. The maximum absolute atomic E-state index is 13.8. The van der Waals surface area contributed by atoms with Crippen LogP contribution in [0, 0.1) is 11.8 Å². The smallest absolute Gasteiger partial charge is 0.303 e. The predicted molar refractivity (Wildman–Crippen MR) is 127 cm³/mol. The Morgan fingerprint density at radius 1 is 1.06 bits per heavy atom. The van der Waals surface area contributed by atoms with Crippen LogP contribution >= 0.6 is 0 Å². The second kappa shape index (κ2) is 8.94. The first kappa shape index (κ1) is 23.8. The van der Waals surface area contributed by atoms with Gasteiger partial charge in [-0.2, -0.15) is 0 Å². The molecule has 0 aliphatic carbocycles. The topological polar surface area (TPSA) is 134 Å². The number of ether oxygens (including phenoxy) is 2. The highest BCUT2D eigenvalue weighted by Crippen LogP contribution is 2.53. The Balaban J connectivity index is 1.46. The Bertz CT molecular complexity index is 1260. The number of fused-ring (bicyclic) bond motifs is 4. The number of amides is 3. The maximum atomic E-state index is 13.8. The molecule has 188 valence electrons. The molecule has 10 heteroatoms. The van der Waals surface area contributed by atoms with E-state index in [1.165, 1.54) is 12.0 Å². The number of carbonyl (C=O) groups is 4. The number of rotatable bonds is 8. The number of carboxylic acid groups (broad SMARTS) is 1. The molecule has 2 fully saturated rings. The number of methoxy groups -OCH3 is 2. The molecule has 36 heavy (non-hydrogen) atoms. The van der Waals surface area contributed by atoms with E-state index in [1.54, 1.807) is 43.5 Å². The number of imide groups is 1. The molecule has 2 saturated heterocycles. The summed E-state index contributed by atoms with van der Waals surface area (Å²) >= 11 is 0. The van der Waals surface area contributed by atoms with E-state index < -0.39 is 41.2 Å². The molecule has 0 radical (unpaired) electrons. The molecule has 4 atom stereocenters. The van der Waals surface area contributed by atoms with Crippen LogP contribution in [0.25, 0.3) is 0 Å². The molecule has 1 spiro atoms. The van der Waals surface area contributed by atoms with Gasteiger partial charge in [-0.15, -0.1) is 0 Å². The van der Waals surface area contributed by atoms with Gasteiger partial charge in [0, 0.05) is 30.3 Å². The molecule has 3 heterocycles. The Morgan fingerprint density at radius 3 is 2.53 bits per heavy atom. The number of carboxylic acids is 1. The highest BCUT2D eigenvalue weighted by atomic mass is 16.5. The minimum absolute atomic E-state index is 0.121. The molecule has 3 N–H and O–H groups in total. The molecular weight excluding hydrogens is 466 g/mol. The lowest BCUT2D eigenvalue weighted by Gasteiger charge is -2.29. The standard InChI is InChI=1S/C26H27N3O7/c1-35-18-9-7-14(13-19(18)36-2)11-12-29-23(32)21-17(8-10-20(30)31)28-26(22(21)24(29)33)15-5-3-4-6-16(15)27-25(26)34/h3-7,9,13,17,21-22,28H,8,10-12H2,1-2H3,(H,27,34)(H,30,31). The molecule has 4 unspecified atom stereocenters. The monoisotopic (exact) mass is 493 g/mol. The summed E-state index contributed by atoms with van der Waals surface area (Å²) in [5, 5.41) is 15.3. The van der Waals surface area contributed by atoms with E-state index in [9.17, 15) is 24.3 Å². The van der Waals surface area contributed by atoms with Gasteiger partial charge in [-0.05, 0) is 36.6 Å². The fourth-order valence-corrected chi connectivity index (χ4v) is 5.84. The number of aliphatic carboxylic acids is 1. The van der Waals surface area contributed by atoms with E-state index in [2.05, 4.69) is 10.6 Å². The van der Waals surface area contributed by atoms with Crippen LogP contribution in [0.5, 0.6) is 11.5 Å². The summed E-state index contributed by atoms with van der Waals surface area (Å²) in [5.74, 6) is -2.90. The summed E-state index contributed by atoms with van der Waals surface area (Å²) in [4.78, 5) is 53.2. The lowest BCUT2D eigenvalue weighted by molar-refractivity contribution is -0.143. The van der Waals surface area contributed by atoms with Crippen LogP contribution in [0.15, 0.2) is 42.5 Å². The first-order chi connectivity index (χ1) is 17.3. The van der Waals surface area contributed by atoms with Crippen LogP contribution in [0.3, 0.4) is 0 Å². The Labute approximate surface area is 207 Å². The fourth-order valence-electron chi connectivity index (χ4n) is 5.84. The van der Waals surface area contributed by atoms with Crippen LogP contribution in [0.1, 0.15) is 24.0 Å². The third kappa shape index (κ3) is 3.51. The van der Waals surface area contributed by atoms with E-state index >= 15 is 0 Å². The fraction of sp³-hybridized carbons (Fsp3) is 0.385. The number of nitrogens with zero attached hydrogens (tertiary/aromatic N) is 1. The molecule has 0 aromatic heterocycles. The summed E-state index contributed by atoms with van der Waals surface area (Å²) < 4.78 is 10.6. The second-order valence-electron chi connectivity index (χ2n) is 9.26. The second-order valence-corrected chi connectivity index (χ2v) is 9.26. The van der Waals surface area contributed by atoms with Gasteiger partial charge in [0.15, 0.2) is 11.5 Å². The molecule has 3 aliphatic rings. The minimum atomic E-state index is -1.42. The van der Waals surface area contributed by atoms with Crippen molar-refractivity contribution in [3.05, 3.63) is 53.6 Å². The van der Waals surface area contributed by atoms with Crippen molar-refractivity contribution < 1.29 is 33.8 Å². The third-order valence-corrected chi connectivity index (χ3v) is 7.45. The van der Waals surface area contributed by atoms with Crippen LogP contribution in [-0.4, -0.2) is 60.5 Å². The van der Waals surface area contributed by atoms with Crippen LogP contribution in [0.4, 0.5) is 5.69 Å². The average Bonchev–Trinajstić information content (AvgIpc) is 3.45. The first-order valence-electron chi connectivity index (χ1n) is 11.8. The summed E-state index contributed by atoms with van der Waals surface area (Å²) in [6, 6.07) is 11.8. The molecule has 0 saturated carbocycles. The summed E-state index contributed by atoms with van der Waals surface area (Å²) in [6.07, 6.45) is 0.323. The number of para-hydroxylation sites is 1. The summed E-state index contributed by atoms with van der Waals surface area (Å²) in [6.45, 7) is 0.130. The average molecular weight is 494 g/mol. The molecule has 0 bridgehead atoms. The number of hydrogen-bond acceptors (Lipinski definition) is 7. The van der Waals surface area contributed by atoms with Crippen molar-refractivity contribution >= 4 is 29.4 Å². The first-order valence-corrected chi connectivity index (χ1v) is 11.8. The van der Waals surface area contributed by atoms with E-state index in [4.69, 9.17) is 9.47 Å². The van der Waals surface area contributed by atoms with Crippen molar-refractivity contribution in [2.24, 2.45) is 11.8 Å². The zero-order chi connectivity index (χ0) is 25.6. The van der Waals surface area contributed by atoms with Crippen LogP contribution in [-0.2, 0) is 31.1 Å². The lowest BCUT2D eigenvalue weighted by atomic mass is 9.76. The molecule has 3 aliphatic heterocycles. The summed E-state index contributed by atoms with van der Waals surface area (Å²) in [7, 11) is 3.07. The molecular formula is C26H27N3O7. The largest absolute Gasteiger partial charge is 0.493 e. The molecule has 2 aromatic rings. The SMILES string of the molecule is COc1ccc(CCN2C(=O)C3C(CCC(=O)O)NC4(C(=O)Nc5ccccc54)C3C2=O)cc1OC. The highest BCUT2D eigenvalue weighted by molar-refractivity contribution is 6.15. The molecule has 2 aromatic carbocycles. The maximum Gasteiger partial charge on any atom is 0.303 e. The van der Waals surface area contributed by atoms with Crippen molar-refractivity contribution in [1.82, 2.24) is 10.2 Å². The van der Waals surface area contributed by atoms with E-state index in [1.807, 2.05) is 6.07 Å². The Kier molecular flexibility index (Phi) is 5.91. The number of benzene rings is 2. The number of carbonyl (C=O) groups excluding carboxylic acids is 3. The molecule has 3 amide bonds. The minimum Gasteiger partial charge on any atom is -0.493 e. The predicted octanol–water partition coefficient (Wildman–Crippen LogP) is 1.53. The van der Waals surface area contributed by atoms with Crippen LogP contribution < -0.4 is 20.1 Å². The van der Waals surface area contributed by atoms with Gasteiger partial charge in [0.25, 0.3) is 0 Å². The normalized spacial score (nSPS) is 26.2. The van der Waals surface area contributed by atoms with Gasteiger partial charge in [0.05, 0.1) is 26.1 Å². The van der Waals surface area contributed by atoms with Crippen molar-refractivity contribution in [3.63, 3.8) is 0 Å². The van der Waals surface area contributed by atoms with Gasteiger partial charge in [0.1, 0.15) is 5.54 Å². The van der Waals surface area contributed by atoms with Crippen LogP contribution in [0.2, 0.25) is 0 Å². The van der Waals surface area contributed by atoms with E-state index in [0.717, 1.165) is 5.56 Å². The number of nitrogens with one attached hydrogen (secondary N) is 2. The Morgan fingerprint density at radius 2 is 1.81 bits per heavy atom. The molecule has 5 rings (SSSR count). The number of anilines is 1. The number of likely N-dealkylation sites (tertiary alicyclic amines) is 1. The van der Waals surface area contributed by atoms with E-state index in [-0.39, 0.29) is 25.3 Å². The van der Waals surface area contributed by atoms with Gasteiger partial charge in [-0.25, -0.2) is 0 Å². The number of hydrogen-bond donors (Lipinski definition) is 3. The van der Waals surface area contributed by atoms with Gasteiger partial charge in [-0.3, -0.25) is 29.4 Å². The van der Waals surface area contributed by atoms with Gasteiger partial charge in [0.2, 0.25) is 17.7 Å². The van der Waals surface area contributed by atoms with Crippen molar-refractivity contribution in [2.75, 3.05) is 26.1 Å². The zero-order valence-corrected chi connectivity index (χ0v) is 19.9. The van der Waals surface area contributed by atoms with Gasteiger partial charge >= 0.3 is 5.97 Å². The lowest BCUT2D eigenvalue weighted by Crippen LogP contribution is -2.53. The summed E-state index contributed by atoms with van der Waals surface area (Å²) in [5.41, 5.74) is 0.613. The van der Waals surface area contributed by atoms with Crippen molar-refractivity contribution in [2.45, 2.75) is 30.8 Å². The Hall–Kier alpha value is -3.92. The van der Waals surface area contributed by atoms with Crippen molar-refractivity contribution in [3.8, 4) is 11.5 Å². The highest BCUT2D eigenvalue weighted by Gasteiger charge is 2.70. The van der Waals surface area contributed by atoms with Gasteiger partial charge in [-0.1, -0.05) is 24.3 Å². The third-order valence-electron chi connectivity index (χ3n) is 7.45.